The molecule has 0 unspecified atom stereocenters. The molecule has 11 heteroatoms. The Kier molecular flexibility index (Phi) is 10.7. The number of rotatable bonds is 13. The van der Waals surface area contributed by atoms with Gasteiger partial charge in [-0.1, -0.05) is 38.1 Å². The molecule has 0 heterocycles. The molecule has 0 fully saturated rings. The van der Waals surface area contributed by atoms with E-state index in [9.17, 15) is 22.4 Å². The van der Waals surface area contributed by atoms with E-state index >= 15 is 0 Å². The fourth-order valence-electron chi connectivity index (χ4n) is 3.61. The van der Waals surface area contributed by atoms with Crippen LogP contribution >= 0.6 is 0 Å². The molecule has 0 aliphatic heterocycles. The second kappa shape index (κ2) is 13.2. The van der Waals surface area contributed by atoms with Crippen molar-refractivity contribution in [1.82, 2.24) is 14.5 Å². The monoisotopic (exact) mass is 522 g/mol. The average Bonchev–Trinajstić information content (AvgIpc) is 2.86. The van der Waals surface area contributed by atoms with Crippen molar-refractivity contribution in [3.05, 3.63) is 59.9 Å². The Bertz CT molecular complexity index is 1140. The summed E-state index contributed by atoms with van der Waals surface area (Å²) in [5.74, 6) is -1.21. The van der Waals surface area contributed by atoms with Crippen LogP contribution in [0.25, 0.3) is 0 Å². The van der Waals surface area contributed by atoms with Crippen molar-refractivity contribution in [1.29, 1.82) is 0 Å². The maximum absolute atomic E-state index is 14.7. The van der Waals surface area contributed by atoms with Gasteiger partial charge in [-0.05, 0) is 42.7 Å². The highest BCUT2D eigenvalue weighted by atomic mass is 32.2. The van der Waals surface area contributed by atoms with Gasteiger partial charge in [0.25, 0.3) is 0 Å². The first-order valence-electron chi connectivity index (χ1n) is 11.7. The fourth-order valence-corrected chi connectivity index (χ4v) is 4.67. The third-order valence-electron chi connectivity index (χ3n) is 5.56. The molecule has 36 heavy (non-hydrogen) atoms. The first-order valence-corrected chi connectivity index (χ1v) is 13.1. The van der Waals surface area contributed by atoms with Crippen LogP contribution in [-0.4, -0.2) is 69.8 Å². The Morgan fingerprint density at radius 1 is 1.08 bits per heavy atom. The van der Waals surface area contributed by atoms with Crippen molar-refractivity contribution in [2.24, 2.45) is 0 Å². The number of nitrogens with zero attached hydrogens (tertiary/aromatic N) is 3. The third kappa shape index (κ3) is 7.17. The number of anilines is 1. The van der Waals surface area contributed by atoms with Crippen molar-refractivity contribution in [2.45, 2.75) is 39.3 Å². The van der Waals surface area contributed by atoms with E-state index < -0.39 is 34.5 Å². The van der Waals surface area contributed by atoms with E-state index in [4.69, 9.17) is 4.74 Å². The molecule has 0 radical (unpaired) electrons. The molecule has 2 amide bonds. The van der Waals surface area contributed by atoms with Gasteiger partial charge in [0.05, 0.1) is 12.8 Å². The van der Waals surface area contributed by atoms with Crippen LogP contribution in [0.1, 0.15) is 32.3 Å². The topological polar surface area (TPSA) is 99.3 Å². The van der Waals surface area contributed by atoms with Crippen LogP contribution in [0.4, 0.5) is 10.1 Å². The normalized spacial score (nSPS) is 12.2. The largest absolute Gasteiger partial charge is 0.497 e. The van der Waals surface area contributed by atoms with Crippen LogP contribution in [0.3, 0.4) is 0 Å². The number of carbonyl (C=O) groups excluding carboxylic acids is 2. The number of amides is 2. The van der Waals surface area contributed by atoms with Crippen molar-refractivity contribution < 1.29 is 27.1 Å². The number of carbonyl (C=O) groups is 2. The molecule has 2 rings (SSSR count). The summed E-state index contributed by atoms with van der Waals surface area (Å²) in [7, 11) is -0.113. The van der Waals surface area contributed by atoms with E-state index in [2.05, 4.69) is 5.32 Å². The lowest BCUT2D eigenvalue weighted by atomic mass is 10.1. The van der Waals surface area contributed by atoms with Crippen LogP contribution in [0.2, 0.25) is 0 Å². The molecule has 0 bridgehead atoms. The Hall–Kier alpha value is -3.18. The van der Waals surface area contributed by atoms with Gasteiger partial charge < -0.3 is 15.0 Å². The molecule has 9 nitrogen and oxygen atoms in total. The van der Waals surface area contributed by atoms with Gasteiger partial charge in [0.1, 0.15) is 24.2 Å². The summed E-state index contributed by atoms with van der Waals surface area (Å²) in [5.41, 5.74) is 0.432. The highest BCUT2D eigenvalue weighted by Crippen LogP contribution is 2.24. The number of halogens is 1. The van der Waals surface area contributed by atoms with Crippen molar-refractivity contribution in [3.63, 3.8) is 0 Å². The minimum atomic E-state index is -4.23. The molecule has 2 aromatic carbocycles. The molecule has 0 aromatic heterocycles. The summed E-state index contributed by atoms with van der Waals surface area (Å²) in [6.07, 6.45) is 1.01. The first-order chi connectivity index (χ1) is 17.1. The minimum absolute atomic E-state index is 0.0290. The van der Waals surface area contributed by atoms with Gasteiger partial charge in [0, 0.05) is 27.2 Å². The summed E-state index contributed by atoms with van der Waals surface area (Å²) >= 11 is 0. The van der Waals surface area contributed by atoms with Crippen LogP contribution in [0.15, 0.2) is 48.5 Å². The molecule has 0 saturated carbocycles. The van der Waals surface area contributed by atoms with Crippen LogP contribution < -0.4 is 14.4 Å². The van der Waals surface area contributed by atoms with Gasteiger partial charge in [-0.2, -0.15) is 12.7 Å². The number of hydrogen-bond donors (Lipinski definition) is 1. The van der Waals surface area contributed by atoms with Crippen LogP contribution in [-0.2, 0) is 26.3 Å². The maximum atomic E-state index is 14.7. The highest BCUT2D eigenvalue weighted by molar-refractivity contribution is 7.90. The Morgan fingerprint density at radius 2 is 1.78 bits per heavy atom. The van der Waals surface area contributed by atoms with E-state index in [1.165, 1.54) is 44.3 Å². The van der Waals surface area contributed by atoms with Gasteiger partial charge in [-0.25, -0.2) is 8.70 Å². The van der Waals surface area contributed by atoms with Crippen LogP contribution in [0.5, 0.6) is 5.75 Å². The predicted octanol–water partition coefficient (Wildman–Crippen LogP) is 2.78. The zero-order valence-electron chi connectivity index (χ0n) is 21.4. The molecule has 0 aliphatic rings. The number of hydrogen-bond acceptors (Lipinski definition) is 5. The number of nitrogens with one attached hydrogen (secondary N) is 1. The standard InChI is InChI=1S/C25H35FN4O5S/c1-6-15-27-25(32)22(7-2)29(17-19-11-10-12-20(16-19)35-5)24(31)18-30(36(33,34)28(3)4)23-14-9-8-13-21(23)26/h8-14,16,22H,6-7,15,17-18H2,1-5H3,(H,27,32)/t22-/m1/s1. The van der Waals surface area contributed by atoms with E-state index in [-0.39, 0.29) is 18.1 Å². The first kappa shape index (κ1) is 29.1. The van der Waals surface area contributed by atoms with E-state index in [1.807, 2.05) is 6.92 Å². The molecule has 1 atom stereocenters. The highest BCUT2D eigenvalue weighted by Gasteiger charge is 2.34. The maximum Gasteiger partial charge on any atom is 0.304 e. The van der Waals surface area contributed by atoms with Gasteiger partial charge in [-0.15, -0.1) is 0 Å². The molecule has 0 aliphatic carbocycles. The summed E-state index contributed by atoms with van der Waals surface area (Å²) in [5, 5.41) is 2.81. The van der Waals surface area contributed by atoms with Gasteiger partial charge in [-0.3, -0.25) is 9.59 Å². The minimum Gasteiger partial charge on any atom is -0.497 e. The average molecular weight is 523 g/mol. The van der Waals surface area contributed by atoms with E-state index in [0.717, 1.165) is 14.7 Å². The fraction of sp³-hybridized carbons (Fsp3) is 0.440. The van der Waals surface area contributed by atoms with Crippen LogP contribution in [0, 0.1) is 5.82 Å². The molecule has 198 valence electrons. The second-order valence-electron chi connectivity index (χ2n) is 8.34. The molecule has 0 spiro atoms. The Balaban J connectivity index is 2.52. The van der Waals surface area contributed by atoms with Gasteiger partial charge in [0.15, 0.2) is 0 Å². The molecular weight excluding hydrogens is 487 g/mol. The van der Waals surface area contributed by atoms with E-state index in [0.29, 0.717) is 30.7 Å². The molecule has 1 N–H and O–H groups in total. The summed E-state index contributed by atoms with van der Waals surface area (Å²) in [4.78, 5) is 28.0. The zero-order valence-corrected chi connectivity index (χ0v) is 22.2. The second-order valence-corrected chi connectivity index (χ2v) is 10.4. The smallest absolute Gasteiger partial charge is 0.304 e. The molecule has 0 saturated heterocycles. The number of para-hydroxylation sites is 1. The predicted molar refractivity (Wildman–Crippen MR) is 137 cm³/mol. The lowest BCUT2D eigenvalue weighted by molar-refractivity contribution is -0.140. The molecule has 2 aromatic rings. The van der Waals surface area contributed by atoms with Gasteiger partial charge in [0.2, 0.25) is 11.8 Å². The Labute approximate surface area is 213 Å². The SMILES string of the molecule is CCCNC(=O)[C@@H](CC)N(Cc1cccc(OC)c1)C(=O)CN(c1ccccc1F)S(=O)(=O)N(C)C. The summed E-state index contributed by atoms with van der Waals surface area (Å²) in [6, 6.07) is 11.5. The van der Waals surface area contributed by atoms with E-state index in [1.54, 1.807) is 31.2 Å². The van der Waals surface area contributed by atoms with Gasteiger partial charge >= 0.3 is 10.2 Å². The summed E-state index contributed by atoms with van der Waals surface area (Å²) < 4.78 is 47.8. The quantitative estimate of drug-likeness (QED) is 0.436. The number of ether oxygens (including phenoxy) is 1. The Morgan fingerprint density at radius 3 is 2.36 bits per heavy atom. The third-order valence-corrected chi connectivity index (χ3v) is 7.37. The zero-order chi connectivity index (χ0) is 26.9. The number of methoxy groups -OCH3 is 1. The lowest BCUT2D eigenvalue weighted by Gasteiger charge is -2.34. The van der Waals surface area contributed by atoms with Crippen molar-refractivity contribution in [3.8, 4) is 5.75 Å². The summed E-state index contributed by atoms with van der Waals surface area (Å²) in [6.45, 7) is 3.46. The molecular formula is C25H35FN4O5S. The van der Waals surface area contributed by atoms with Crippen molar-refractivity contribution in [2.75, 3.05) is 38.6 Å². The number of benzene rings is 2. The lowest BCUT2D eigenvalue weighted by Crippen LogP contribution is -2.53. The van der Waals surface area contributed by atoms with Crippen molar-refractivity contribution >= 4 is 27.7 Å².